The Labute approximate surface area is 108 Å². The molecule has 0 aromatic carbocycles. The van der Waals surface area contributed by atoms with Gasteiger partial charge in [-0.1, -0.05) is 6.42 Å². The predicted octanol–water partition coefficient (Wildman–Crippen LogP) is 1.86. The van der Waals surface area contributed by atoms with Crippen LogP contribution in [0.25, 0.3) is 0 Å². The standard InChI is InChI=1S/C14H22N4/c1-2-4-12-16-17-13(18(12)9-3-1)11-10-14(11)5-7-15-8-6-14/h11,15H,1-10H2/t11-/m1/s1. The lowest BCUT2D eigenvalue weighted by Crippen LogP contribution is -2.29. The first-order valence-corrected chi connectivity index (χ1v) is 7.52. The molecule has 3 heterocycles. The number of nitrogens with zero attached hydrogens (tertiary/aromatic N) is 3. The Balaban J connectivity index is 1.61. The summed E-state index contributed by atoms with van der Waals surface area (Å²) in [6.45, 7) is 3.54. The third-order valence-corrected chi connectivity index (χ3v) is 5.24. The van der Waals surface area contributed by atoms with E-state index in [1.165, 1.54) is 63.3 Å². The molecule has 0 unspecified atom stereocenters. The molecule has 4 nitrogen and oxygen atoms in total. The predicted molar refractivity (Wildman–Crippen MR) is 69.5 cm³/mol. The van der Waals surface area contributed by atoms with E-state index in [1.54, 1.807) is 0 Å². The molecular weight excluding hydrogens is 224 g/mol. The molecule has 0 radical (unpaired) electrons. The molecule has 3 aliphatic rings. The van der Waals surface area contributed by atoms with Crippen LogP contribution in [0.2, 0.25) is 0 Å². The summed E-state index contributed by atoms with van der Waals surface area (Å²) in [6.07, 6.45) is 9.10. The zero-order valence-electron chi connectivity index (χ0n) is 11.0. The highest BCUT2D eigenvalue weighted by Gasteiger charge is 2.56. The topological polar surface area (TPSA) is 42.7 Å². The number of piperidine rings is 1. The van der Waals surface area contributed by atoms with Crippen molar-refractivity contribution in [3.05, 3.63) is 11.6 Å². The molecule has 0 bridgehead atoms. The zero-order chi connectivity index (χ0) is 12.0. The molecule has 1 saturated carbocycles. The third kappa shape index (κ3) is 1.62. The Morgan fingerprint density at radius 2 is 2.00 bits per heavy atom. The van der Waals surface area contributed by atoms with Crippen LogP contribution in [0.4, 0.5) is 0 Å². The van der Waals surface area contributed by atoms with Crippen LogP contribution in [0.3, 0.4) is 0 Å². The maximum atomic E-state index is 4.54. The first kappa shape index (κ1) is 11.0. The van der Waals surface area contributed by atoms with Crippen molar-refractivity contribution in [2.45, 2.75) is 57.4 Å². The van der Waals surface area contributed by atoms with Gasteiger partial charge in [0.15, 0.2) is 0 Å². The Bertz CT molecular complexity index is 445. The lowest BCUT2D eigenvalue weighted by Gasteiger charge is -2.23. The molecule has 1 aliphatic carbocycles. The molecule has 1 spiro atoms. The molecule has 1 aromatic heterocycles. The van der Waals surface area contributed by atoms with Crippen molar-refractivity contribution < 1.29 is 0 Å². The summed E-state index contributed by atoms with van der Waals surface area (Å²) in [5.74, 6) is 3.27. The van der Waals surface area contributed by atoms with Crippen LogP contribution in [0, 0.1) is 5.41 Å². The van der Waals surface area contributed by atoms with Gasteiger partial charge in [0, 0.05) is 18.9 Å². The largest absolute Gasteiger partial charge is 0.317 e. The lowest BCUT2D eigenvalue weighted by molar-refractivity contribution is 0.337. The number of aryl methyl sites for hydroxylation is 1. The van der Waals surface area contributed by atoms with Gasteiger partial charge in [0.05, 0.1) is 0 Å². The van der Waals surface area contributed by atoms with Gasteiger partial charge in [0.1, 0.15) is 11.6 Å². The molecule has 2 fully saturated rings. The van der Waals surface area contributed by atoms with Crippen molar-refractivity contribution in [1.82, 2.24) is 20.1 Å². The van der Waals surface area contributed by atoms with Gasteiger partial charge in [-0.15, -0.1) is 10.2 Å². The summed E-state index contributed by atoms with van der Waals surface area (Å²) in [6, 6.07) is 0. The fraction of sp³-hybridized carbons (Fsp3) is 0.857. The van der Waals surface area contributed by atoms with Crippen LogP contribution in [-0.4, -0.2) is 27.9 Å². The quantitative estimate of drug-likeness (QED) is 0.822. The van der Waals surface area contributed by atoms with E-state index in [0.29, 0.717) is 11.3 Å². The second-order valence-electron chi connectivity index (χ2n) is 6.31. The van der Waals surface area contributed by atoms with Crippen LogP contribution in [0.15, 0.2) is 0 Å². The van der Waals surface area contributed by atoms with E-state index in [9.17, 15) is 0 Å². The highest BCUT2D eigenvalue weighted by atomic mass is 15.3. The van der Waals surface area contributed by atoms with Crippen LogP contribution in [0.1, 0.15) is 56.1 Å². The molecule has 18 heavy (non-hydrogen) atoms. The lowest BCUT2D eigenvalue weighted by atomic mass is 9.92. The number of rotatable bonds is 1. The van der Waals surface area contributed by atoms with E-state index in [0.717, 1.165) is 13.0 Å². The Hall–Kier alpha value is -0.900. The molecule has 0 amide bonds. The molecule has 1 saturated heterocycles. The van der Waals surface area contributed by atoms with Crippen molar-refractivity contribution in [3.63, 3.8) is 0 Å². The van der Waals surface area contributed by atoms with Crippen molar-refractivity contribution in [2.75, 3.05) is 13.1 Å². The van der Waals surface area contributed by atoms with Crippen molar-refractivity contribution in [1.29, 1.82) is 0 Å². The number of hydrogen-bond acceptors (Lipinski definition) is 3. The maximum absolute atomic E-state index is 4.54. The zero-order valence-corrected chi connectivity index (χ0v) is 11.0. The Morgan fingerprint density at radius 3 is 2.89 bits per heavy atom. The SMILES string of the molecule is C1CCc2nnc([C@H]3CC34CCNCC4)n2CC1. The summed E-state index contributed by atoms with van der Waals surface area (Å²) in [5.41, 5.74) is 0.585. The molecular formula is C14H22N4. The monoisotopic (exact) mass is 246 g/mol. The molecule has 1 N–H and O–H groups in total. The number of fused-ring (bicyclic) bond motifs is 1. The average molecular weight is 246 g/mol. The molecule has 4 heteroatoms. The van der Waals surface area contributed by atoms with Crippen molar-refractivity contribution in [3.8, 4) is 0 Å². The van der Waals surface area contributed by atoms with Crippen molar-refractivity contribution >= 4 is 0 Å². The van der Waals surface area contributed by atoms with E-state index >= 15 is 0 Å². The highest BCUT2D eigenvalue weighted by Crippen LogP contribution is 2.63. The fourth-order valence-electron chi connectivity index (χ4n) is 3.96. The summed E-state index contributed by atoms with van der Waals surface area (Å²) in [5, 5.41) is 12.5. The minimum Gasteiger partial charge on any atom is -0.317 e. The summed E-state index contributed by atoms with van der Waals surface area (Å²) in [4.78, 5) is 0. The second-order valence-corrected chi connectivity index (χ2v) is 6.31. The van der Waals surface area contributed by atoms with E-state index in [2.05, 4.69) is 20.1 Å². The van der Waals surface area contributed by atoms with Crippen LogP contribution >= 0.6 is 0 Å². The summed E-state index contributed by atoms with van der Waals surface area (Å²) in [7, 11) is 0. The molecule has 4 rings (SSSR count). The van der Waals surface area contributed by atoms with Crippen molar-refractivity contribution in [2.24, 2.45) is 5.41 Å². The summed E-state index contributed by atoms with van der Waals surface area (Å²) < 4.78 is 2.45. The smallest absolute Gasteiger partial charge is 0.136 e. The van der Waals surface area contributed by atoms with E-state index < -0.39 is 0 Å². The minimum atomic E-state index is 0.585. The summed E-state index contributed by atoms with van der Waals surface area (Å²) >= 11 is 0. The molecule has 1 aromatic rings. The minimum absolute atomic E-state index is 0.585. The van der Waals surface area contributed by atoms with Gasteiger partial charge in [-0.3, -0.25) is 0 Å². The number of nitrogens with one attached hydrogen (secondary N) is 1. The Kier molecular flexibility index (Phi) is 2.47. The number of aromatic nitrogens is 3. The molecule has 2 aliphatic heterocycles. The van der Waals surface area contributed by atoms with Gasteiger partial charge in [0.25, 0.3) is 0 Å². The van der Waals surface area contributed by atoms with Gasteiger partial charge in [0.2, 0.25) is 0 Å². The highest BCUT2D eigenvalue weighted by molar-refractivity contribution is 5.21. The van der Waals surface area contributed by atoms with Gasteiger partial charge in [-0.25, -0.2) is 0 Å². The molecule has 1 atom stereocenters. The second kappa shape index (κ2) is 4.05. The average Bonchev–Trinajstić information content (AvgIpc) is 3.02. The number of hydrogen-bond donors (Lipinski definition) is 1. The van der Waals surface area contributed by atoms with Gasteiger partial charge in [-0.2, -0.15) is 0 Å². The normalized spacial score (nSPS) is 29.9. The van der Waals surface area contributed by atoms with Crippen LogP contribution in [-0.2, 0) is 13.0 Å². The fourth-order valence-corrected chi connectivity index (χ4v) is 3.96. The molecule has 98 valence electrons. The van der Waals surface area contributed by atoms with Crippen LogP contribution in [0.5, 0.6) is 0 Å². The maximum Gasteiger partial charge on any atom is 0.136 e. The van der Waals surface area contributed by atoms with E-state index in [4.69, 9.17) is 0 Å². The first-order valence-electron chi connectivity index (χ1n) is 7.52. The van der Waals surface area contributed by atoms with Crippen LogP contribution < -0.4 is 5.32 Å². The first-order chi connectivity index (χ1) is 8.89. The Morgan fingerprint density at radius 1 is 1.11 bits per heavy atom. The van der Waals surface area contributed by atoms with Gasteiger partial charge in [-0.05, 0) is 50.6 Å². The van der Waals surface area contributed by atoms with E-state index in [1.807, 2.05) is 0 Å². The van der Waals surface area contributed by atoms with Gasteiger partial charge >= 0.3 is 0 Å². The van der Waals surface area contributed by atoms with E-state index in [-0.39, 0.29) is 0 Å². The third-order valence-electron chi connectivity index (χ3n) is 5.24. The van der Waals surface area contributed by atoms with Gasteiger partial charge < -0.3 is 9.88 Å².